The Morgan fingerprint density at radius 2 is 2.30 bits per heavy atom. The molecule has 0 aromatic carbocycles. The van der Waals surface area contributed by atoms with Gasteiger partial charge in [-0.2, -0.15) is 5.10 Å². The standard InChI is InChI=1S/C15H18N4O3S/c1-11-7-14(15(20)17-9-12-3-2-5-16-8-12)18-19(11)13-4-6-23(21,22)10-13/h2-3,5,7-8,13H,4,6,9-10H2,1H3,(H,17,20). The molecule has 1 unspecified atom stereocenters. The molecule has 0 radical (unpaired) electrons. The molecule has 1 aliphatic heterocycles. The molecule has 122 valence electrons. The monoisotopic (exact) mass is 334 g/mol. The Kier molecular flexibility index (Phi) is 4.16. The molecule has 23 heavy (non-hydrogen) atoms. The van der Waals surface area contributed by atoms with E-state index >= 15 is 0 Å². The van der Waals surface area contributed by atoms with Gasteiger partial charge in [0.15, 0.2) is 9.84 Å². The van der Waals surface area contributed by atoms with E-state index in [1.54, 1.807) is 29.2 Å². The van der Waals surface area contributed by atoms with Crippen LogP contribution in [0.25, 0.3) is 0 Å². The van der Waals surface area contributed by atoms with Crippen LogP contribution in [0.5, 0.6) is 0 Å². The van der Waals surface area contributed by atoms with Crippen LogP contribution in [0.4, 0.5) is 0 Å². The maximum Gasteiger partial charge on any atom is 0.272 e. The predicted octanol–water partition coefficient (Wildman–Crippen LogP) is 0.876. The first-order valence-electron chi connectivity index (χ1n) is 7.38. The molecule has 1 amide bonds. The molecule has 3 heterocycles. The van der Waals surface area contributed by atoms with Crippen molar-refractivity contribution in [2.24, 2.45) is 0 Å². The highest BCUT2D eigenvalue weighted by molar-refractivity contribution is 7.91. The van der Waals surface area contributed by atoms with Gasteiger partial charge in [-0.05, 0) is 31.0 Å². The first-order valence-corrected chi connectivity index (χ1v) is 9.20. The first-order chi connectivity index (χ1) is 10.9. The third-order valence-electron chi connectivity index (χ3n) is 3.89. The number of carbonyl (C=O) groups is 1. The van der Waals surface area contributed by atoms with Crippen molar-refractivity contribution in [3.05, 3.63) is 47.5 Å². The maximum absolute atomic E-state index is 12.2. The molecular weight excluding hydrogens is 316 g/mol. The van der Waals surface area contributed by atoms with E-state index in [0.29, 0.717) is 18.7 Å². The van der Waals surface area contributed by atoms with Crippen LogP contribution in [0, 0.1) is 6.92 Å². The molecule has 3 rings (SSSR count). The number of aromatic nitrogens is 3. The van der Waals surface area contributed by atoms with Gasteiger partial charge >= 0.3 is 0 Å². The number of amides is 1. The summed E-state index contributed by atoms with van der Waals surface area (Å²) in [6, 6.07) is 5.19. The van der Waals surface area contributed by atoms with Crippen LogP contribution in [-0.2, 0) is 16.4 Å². The van der Waals surface area contributed by atoms with Crippen molar-refractivity contribution in [1.29, 1.82) is 0 Å². The third kappa shape index (κ3) is 3.58. The van der Waals surface area contributed by atoms with Crippen LogP contribution in [-0.4, -0.2) is 40.6 Å². The lowest BCUT2D eigenvalue weighted by atomic mass is 10.2. The van der Waals surface area contributed by atoms with Crippen LogP contribution in [0.3, 0.4) is 0 Å². The lowest BCUT2D eigenvalue weighted by molar-refractivity contribution is 0.0945. The van der Waals surface area contributed by atoms with Crippen LogP contribution in [0.1, 0.15) is 34.2 Å². The summed E-state index contributed by atoms with van der Waals surface area (Å²) < 4.78 is 24.9. The fraction of sp³-hybridized carbons (Fsp3) is 0.400. The molecule has 2 aromatic heterocycles. The van der Waals surface area contributed by atoms with E-state index in [0.717, 1.165) is 11.3 Å². The normalized spacial score (nSPS) is 19.6. The summed E-state index contributed by atoms with van der Waals surface area (Å²) in [6.07, 6.45) is 3.90. The molecule has 0 aliphatic carbocycles. The minimum absolute atomic E-state index is 0.0895. The summed E-state index contributed by atoms with van der Waals surface area (Å²) in [7, 11) is -2.99. The quantitative estimate of drug-likeness (QED) is 0.895. The van der Waals surface area contributed by atoms with Crippen molar-refractivity contribution in [1.82, 2.24) is 20.1 Å². The van der Waals surface area contributed by atoms with E-state index in [9.17, 15) is 13.2 Å². The Morgan fingerprint density at radius 1 is 1.48 bits per heavy atom. The lowest BCUT2D eigenvalue weighted by Gasteiger charge is -2.10. The molecule has 8 heteroatoms. The molecule has 1 fully saturated rings. The van der Waals surface area contributed by atoms with Gasteiger partial charge in [-0.25, -0.2) is 8.42 Å². The summed E-state index contributed by atoms with van der Waals surface area (Å²) >= 11 is 0. The lowest BCUT2D eigenvalue weighted by Crippen LogP contribution is -2.24. The molecule has 1 aliphatic rings. The average molecular weight is 334 g/mol. The zero-order valence-electron chi connectivity index (χ0n) is 12.8. The number of sulfone groups is 1. The highest BCUT2D eigenvalue weighted by atomic mass is 32.2. The van der Waals surface area contributed by atoms with E-state index in [2.05, 4.69) is 15.4 Å². The van der Waals surface area contributed by atoms with Crippen molar-refractivity contribution in [2.45, 2.75) is 25.9 Å². The van der Waals surface area contributed by atoms with E-state index < -0.39 is 9.84 Å². The predicted molar refractivity (Wildman–Crippen MR) is 84.7 cm³/mol. The summed E-state index contributed by atoms with van der Waals surface area (Å²) in [5.41, 5.74) is 1.99. The number of hydrogen-bond acceptors (Lipinski definition) is 5. The Bertz CT molecular complexity index is 815. The van der Waals surface area contributed by atoms with E-state index in [4.69, 9.17) is 0 Å². The SMILES string of the molecule is Cc1cc(C(=O)NCc2cccnc2)nn1C1CCS(=O)(=O)C1. The summed E-state index contributed by atoms with van der Waals surface area (Å²) in [5, 5.41) is 7.08. The molecule has 0 spiro atoms. The number of hydrogen-bond donors (Lipinski definition) is 1. The van der Waals surface area contributed by atoms with E-state index in [1.165, 1.54) is 0 Å². The van der Waals surface area contributed by atoms with Gasteiger partial charge in [0.1, 0.15) is 5.69 Å². The van der Waals surface area contributed by atoms with Gasteiger partial charge in [0, 0.05) is 24.6 Å². The number of carbonyl (C=O) groups excluding carboxylic acids is 1. The van der Waals surface area contributed by atoms with Crippen molar-refractivity contribution in [2.75, 3.05) is 11.5 Å². The highest BCUT2D eigenvalue weighted by Crippen LogP contribution is 2.24. The fourth-order valence-corrected chi connectivity index (χ4v) is 4.40. The Labute approximate surface area is 134 Å². The zero-order chi connectivity index (χ0) is 16.4. The van der Waals surface area contributed by atoms with Crippen LogP contribution >= 0.6 is 0 Å². The topological polar surface area (TPSA) is 93.9 Å². The van der Waals surface area contributed by atoms with Gasteiger partial charge in [-0.1, -0.05) is 6.07 Å². The maximum atomic E-state index is 12.2. The van der Waals surface area contributed by atoms with E-state index in [1.807, 2.05) is 13.0 Å². The Hall–Kier alpha value is -2.22. The average Bonchev–Trinajstić information content (AvgIpc) is 3.08. The van der Waals surface area contributed by atoms with Crippen molar-refractivity contribution in [3.8, 4) is 0 Å². The smallest absolute Gasteiger partial charge is 0.272 e. The molecule has 7 nitrogen and oxygen atoms in total. The second-order valence-electron chi connectivity index (χ2n) is 5.72. The minimum atomic E-state index is -2.99. The van der Waals surface area contributed by atoms with Crippen molar-refractivity contribution < 1.29 is 13.2 Å². The zero-order valence-corrected chi connectivity index (χ0v) is 13.6. The van der Waals surface area contributed by atoms with Crippen LogP contribution < -0.4 is 5.32 Å². The Balaban J connectivity index is 1.69. The second kappa shape index (κ2) is 6.11. The number of nitrogens with one attached hydrogen (secondary N) is 1. The summed E-state index contributed by atoms with van der Waals surface area (Å²) in [5.74, 6) is -0.0114. The number of nitrogens with zero attached hydrogens (tertiary/aromatic N) is 3. The second-order valence-corrected chi connectivity index (χ2v) is 7.95. The van der Waals surface area contributed by atoms with Gasteiger partial charge in [0.2, 0.25) is 0 Å². The van der Waals surface area contributed by atoms with Gasteiger partial charge < -0.3 is 5.32 Å². The first kappa shape index (κ1) is 15.7. The fourth-order valence-electron chi connectivity index (χ4n) is 2.71. The minimum Gasteiger partial charge on any atom is -0.347 e. The van der Waals surface area contributed by atoms with Crippen molar-refractivity contribution in [3.63, 3.8) is 0 Å². The van der Waals surface area contributed by atoms with E-state index in [-0.39, 0.29) is 23.5 Å². The highest BCUT2D eigenvalue weighted by Gasteiger charge is 2.31. The van der Waals surface area contributed by atoms with Gasteiger partial charge in [0.05, 0.1) is 17.5 Å². The molecule has 1 atom stereocenters. The van der Waals surface area contributed by atoms with Crippen LogP contribution in [0.15, 0.2) is 30.6 Å². The van der Waals surface area contributed by atoms with Gasteiger partial charge in [0.25, 0.3) is 5.91 Å². The van der Waals surface area contributed by atoms with Gasteiger partial charge in [-0.3, -0.25) is 14.5 Å². The largest absolute Gasteiger partial charge is 0.347 e. The third-order valence-corrected chi connectivity index (χ3v) is 5.64. The molecule has 1 saturated heterocycles. The summed E-state index contributed by atoms with van der Waals surface area (Å²) in [4.78, 5) is 16.2. The Morgan fingerprint density at radius 3 is 2.96 bits per heavy atom. The number of aryl methyl sites for hydroxylation is 1. The van der Waals surface area contributed by atoms with Crippen LogP contribution in [0.2, 0.25) is 0 Å². The van der Waals surface area contributed by atoms with Crippen molar-refractivity contribution >= 4 is 15.7 Å². The molecule has 2 aromatic rings. The van der Waals surface area contributed by atoms with Gasteiger partial charge in [-0.15, -0.1) is 0 Å². The molecular formula is C15H18N4O3S. The molecule has 0 bridgehead atoms. The molecule has 0 saturated carbocycles. The molecule has 1 N–H and O–H groups in total. The summed E-state index contributed by atoms with van der Waals surface area (Å²) in [6.45, 7) is 2.20. The number of pyridine rings is 1. The number of rotatable bonds is 4.